The maximum atomic E-state index is 14.4. The lowest BCUT2D eigenvalue weighted by molar-refractivity contribution is 0.500. The Morgan fingerprint density at radius 1 is 1.00 bits per heavy atom. The number of aryl methyl sites for hydroxylation is 1. The lowest BCUT2D eigenvalue weighted by atomic mass is 10.1. The van der Waals surface area contributed by atoms with Gasteiger partial charge in [0.15, 0.2) is 0 Å². The van der Waals surface area contributed by atoms with Crippen molar-refractivity contribution in [3.05, 3.63) is 74.9 Å². The molecule has 1 aliphatic carbocycles. The third-order valence-corrected chi connectivity index (χ3v) is 6.05. The van der Waals surface area contributed by atoms with E-state index in [2.05, 4.69) is 18.8 Å². The Hall–Kier alpha value is -3.22. The third kappa shape index (κ3) is 3.38. The summed E-state index contributed by atoms with van der Waals surface area (Å²) in [6.45, 7) is 4.99. The van der Waals surface area contributed by atoms with Crippen molar-refractivity contribution in [2.45, 2.75) is 52.2 Å². The van der Waals surface area contributed by atoms with Gasteiger partial charge in [0.2, 0.25) is 0 Å². The molecule has 2 aromatic heterocycles. The monoisotopic (exact) mass is 420 g/mol. The molecule has 2 aromatic carbocycles. The minimum Gasteiger partial charge on any atom is -0.327 e. The van der Waals surface area contributed by atoms with Gasteiger partial charge in [-0.1, -0.05) is 32.0 Å². The Bertz CT molecular complexity index is 1410. The fourth-order valence-corrected chi connectivity index (χ4v) is 4.29. The summed E-state index contributed by atoms with van der Waals surface area (Å²) in [6, 6.07) is 12.6. The molecule has 160 valence electrons. The van der Waals surface area contributed by atoms with E-state index in [-0.39, 0.29) is 23.7 Å². The highest BCUT2D eigenvalue weighted by Crippen LogP contribution is 2.36. The van der Waals surface area contributed by atoms with Gasteiger partial charge >= 0.3 is 5.69 Å². The molecule has 1 fully saturated rings. The molecule has 0 saturated heterocycles. The summed E-state index contributed by atoms with van der Waals surface area (Å²) in [5.41, 5.74) is 1.56. The van der Waals surface area contributed by atoms with Crippen LogP contribution in [0.15, 0.2) is 52.1 Å². The SMILES string of the molecule is CC(C)CCn1c(Cn2c(=O)n(C3CC3)c3ccccc32)nc(=O)c2c(F)cccc21. The molecular formula is C24H25FN4O2. The van der Waals surface area contributed by atoms with Crippen LogP contribution in [-0.4, -0.2) is 18.7 Å². The number of rotatable bonds is 6. The number of aromatic nitrogens is 4. The number of hydrogen-bond donors (Lipinski definition) is 0. The van der Waals surface area contributed by atoms with Crippen LogP contribution in [0.2, 0.25) is 0 Å². The zero-order valence-electron chi connectivity index (χ0n) is 17.7. The van der Waals surface area contributed by atoms with E-state index < -0.39 is 11.4 Å². The number of fused-ring (bicyclic) bond motifs is 2. The number of imidazole rings is 1. The molecule has 0 atom stereocenters. The minimum absolute atomic E-state index is 0.00256. The first-order chi connectivity index (χ1) is 15.0. The molecule has 2 heterocycles. The van der Waals surface area contributed by atoms with Gasteiger partial charge in [0.1, 0.15) is 17.0 Å². The van der Waals surface area contributed by atoms with Crippen molar-refractivity contribution in [2.24, 2.45) is 5.92 Å². The van der Waals surface area contributed by atoms with Gasteiger partial charge in [-0.25, -0.2) is 9.18 Å². The molecule has 4 aromatic rings. The summed E-state index contributed by atoms with van der Waals surface area (Å²) in [7, 11) is 0. The molecule has 6 nitrogen and oxygen atoms in total. The Morgan fingerprint density at radius 3 is 2.42 bits per heavy atom. The largest absolute Gasteiger partial charge is 0.329 e. The Morgan fingerprint density at radius 2 is 1.71 bits per heavy atom. The number of benzene rings is 2. The Kier molecular flexibility index (Phi) is 4.76. The second-order valence-electron chi connectivity index (χ2n) is 8.76. The second-order valence-corrected chi connectivity index (χ2v) is 8.76. The predicted octanol–water partition coefficient (Wildman–Crippen LogP) is 4.08. The van der Waals surface area contributed by atoms with Gasteiger partial charge < -0.3 is 4.57 Å². The highest BCUT2D eigenvalue weighted by molar-refractivity contribution is 5.79. The van der Waals surface area contributed by atoms with E-state index in [1.807, 2.05) is 33.4 Å². The molecule has 0 aliphatic heterocycles. The molecule has 1 saturated carbocycles. The van der Waals surface area contributed by atoms with Crippen LogP contribution in [0.1, 0.15) is 45.0 Å². The van der Waals surface area contributed by atoms with E-state index in [4.69, 9.17) is 0 Å². The Labute approximate surface area is 178 Å². The highest BCUT2D eigenvalue weighted by atomic mass is 19.1. The van der Waals surface area contributed by atoms with Gasteiger partial charge in [-0.15, -0.1) is 0 Å². The quantitative estimate of drug-likeness (QED) is 0.472. The van der Waals surface area contributed by atoms with Crippen molar-refractivity contribution < 1.29 is 4.39 Å². The normalized spacial score (nSPS) is 14.2. The van der Waals surface area contributed by atoms with Crippen LogP contribution in [0.3, 0.4) is 0 Å². The lowest BCUT2D eigenvalue weighted by Crippen LogP contribution is -2.28. The first-order valence-electron chi connectivity index (χ1n) is 10.8. The molecule has 1 aliphatic rings. The van der Waals surface area contributed by atoms with E-state index in [0.717, 1.165) is 30.3 Å². The van der Waals surface area contributed by atoms with Crippen molar-refractivity contribution in [3.8, 4) is 0 Å². The van der Waals surface area contributed by atoms with Gasteiger partial charge in [-0.05, 0) is 49.4 Å². The fraction of sp³-hybridized carbons (Fsp3) is 0.375. The molecule has 0 radical (unpaired) electrons. The van der Waals surface area contributed by atoms with Crippen molar-refractivity contribution >= 4 is 21.9 Å². The molecule has 7 heteroatoms. The minimum atomic E-state index is -0.595. The zero-order valence-corrected chi connectivity index (χ0v) is 17.7. The van der Waals surface area contributed by atoms with E-state index >= 15 is 0 Å². The van der Waals surface area contributed by atoms with Crippen LogP contribution in [0, 0.1) is 11.7 Å². The second kappa shape index (κ2) is 7.48. The number of halogens is 1. The molecule has 0 N–H and O–H groups in total. The molecule has 0 spiro atoms. The summed E-state index contributed by atoms with van der Waals surface area (Å²) < 4.78 is 19.9. The smallest absolute Gasteiger partial charge is 0.327 e. The van der Waals surface area contributed by atoms with E-state index in [1.54, 1.807) is 16.7 Å². The Balaban J connectivity index is 1.71. The first-order valence-corrected chi connectivity index (χ1v) is 10.8. The summed E-state index contributed by atoms with van der Waals surface area (Å²) in [4.78, 5) is 30.3. The summed E-state index contributed by atoms with van der Waals surface area (Å²) >= 11 is 0. The van der Waals surface area contributed by atoms with Crippen molar-refractivity contribution in [1.82, 2.24) is 18.7 Å². The molecule has 5 rings (SSSR count). The van der Waals surface area contributed by atoms with E-state index in [9.17, 15) is 14.0 Å². The number of para-hydroxylation sites is 2. The average Bonchev–Trinajstić information content (AvgIpc) is 3.53. The number of hydrogen-bond acceptors (Lipinski definition) is 3. The van der Waals surface area contributed by atoms with Crippen LogP contribution in [0.4, 0.5) is 4.39 Å². The van der Waals surface area contributed by atoms with Crippen LogP contribution < -0.4 is 11.2 Å². The molecule has 0 unspecified atom stereocenters. The maximum absolute atomic E-state index is 14.4. The molecule has 0 amide bonds. The number of nitrogens with zero attached hydrogens (tertiary/aromatic N) is 4. The zero-order chi connectivity index (χ0) is 21.7. The summed E-state index contributed by atoms with van der Waals surface area (Å²) in [5, 5.41) is 0.00256. The average molecular weight is 420 g/mol. The summed E-state index contributed by atoms with van der Waals surface area (Å²) in [5.74, 6) is 0.335. The van der Waals surface area contributed by atoms with Crippen LogP contribution in [0.25, 0.3) is 21.9 Å². The van der Waals surface area contributed by atoms with E-state index in [1.165, 1.54) is 6.07 Å². The molecule has 31 heavy (non-hydrogen) atoms. The van der Waals surface area contributed by atoms with Crippen LogP contribution in [0.5, 0.6) is 0 Å². The van der Waals surface area contributed by atoms with Crippen molar-refractivity contribution in [2.75, 3.05) is 0 Å². The van der Waals surface area contributed by atoms with Crippen LogP contribution >= 0.6 is 0 Å². The van der Waals surface area contributed by atoms with Gasteiger partial charge in [0.25, 0.3) is 5.56 Å². The fourth-order valence-electron chi connectivity index (χ4n) is 4.29. The van der Waals surface area contributed by atoms with E-state index in [0.29, 0.717) is 23.8 Å². The third-order valence-electron chi connectivity index (χ3n) is 6.05. The molecule has 0 bridgehead atoms. The van der Waals surface area contributed by atoms with Crippen molar-refractivity contribution in [3.63, 3.8) is 0 Å². The molecular weight excluding hydrogens is 395 g/mol. The standard InChI is InChI=1S/C24H25FN4O2/c1-15(2)12-13-27-20-9-5-6-17(25)22(20)23(30)26-21(27)14-28-18-7-3-4-8-19(18)29(24(28)31)16-10-11-16/h3-9,15-16H,10-14H2,1-2H3. The van der Waals surface area contributed by atoms with Crippen molar-refractivity contribution in [1.29, 1.82) is 0 Å². The van der Waals surface area contributed by atoms with Gasteiger partial charge in [-0.2, -0.15) is 4.98 Å². The predicted molar refractivity (Wildman–Crippen MR) is 119 cm³/mol. The van der Waals surface area contributed by atoms with Crippen LogP contribution in [-0.2, 0) is 13.1 Å². The van der Waals surface area contributed by atoms with Gasteiger partial charge in [-0.3, -0.25) is 13.9 Å². The topological polar surface area (TPSA) is 61.8 Å². The van der Waals surface area contributed by atoms with Gasteiger partial charge in [0.05, 0.1) is 23.1 Å². The van der Waals surface area contributed by atoms with Gasteiger partial charge in [0, 0.05) is 12.6 Å². The maximum Gasteiger partial charge on any atom is 0.329 e. The summed E-state index contributed by atoms with van der Waals surface area (Å²) in [6.07, 6.45) is 2.85. The first kappa shape index (κ1) is 19.7. The highest BCUT2D eigenvalue weighted by Gasteiger charge is 2.29. The lowest BCUT2D eigenvalue weighted by Gasteiger charge is -2.17.